The average molecular weight is 409 g/mol. The van der Waals surface area contributed by atoms with Gasteiger partial charge in [-0.3, -0.25) is 4.79 Å². The van der Waals surface area contributed by atoms with Crippen LogP contribution in [0.5, 0.6) is 0 Å². The van der Waals surface area contributed by atoms with Crippen LogP contribution >= 0.6 is 0 Å². The molecule has 0 spiro atoms. The molecule has 4 unspecified atom stereocenters. The molecule has 4 N–H and O–H groups in total. The van der Waals surface area contributed by atoms with Crippen LogP contribution in [0.2, 0.25) is 0 Å². The maximum absolute atomic E-state index is 11.5. The Morgan fingerprint density at radius 3 is 2.45 bits per heavy atom. The third kappa shape index (κ3) is 3.27. The average Bonchev–Trinajstić information content (AvgIpc) is 3.01. The first-order chi connectivity index (χ1) is 13.6. The van der Waals surface area contributed by atoms with E-state index >= 15 is 0 Å². The van der Waals surface area contributed by atoms with E-state index < -0.39 is 12.1 Å². The van der Waals surface area contributed by atoms with E-state index in [4.69, 9.17) is 5.11 Å². The molecule has 5 nitrogen and oxygen atoms in total. The van der Waals surface area contributed by atoms with E-state index in [-0.39, 0.29) is 41.3 Å². The fourth-order valence-corrected chi connectivity index (χ4v) is 8.68. The molecule has 0 radical (unpaired) electrons. The molecule has 0 aromatic rings. The van der Waals surface area contributed by atoms with Gasteiger partial charge in [-0.25, -0.2) is 0 Å². The molecule has 4 aliphatic carbocycles. The number of aliphatic hydroxyl groups excluding tert-OH is 3. The van der Waals surface area contributed by atoms with E-state index in [1.807, 2.05) is 0 Å². The van der Waals surface area contributed by atoms with Crippen LogP contribution < -0.4 is 0 Å². The lowest BCUT2D eigenvalue weighted by atomic mass is 9.43. The minimum absolute atomic E-state index is 0.0957. The fraction of sp³-hybridized carbons (Fsp3) is 0.958. The first-order valence-electron chi connectivity index (χ1n) is 11.8. The van der Waals surface area contributed by atoms with Gasteiger partial charge in [0.15, 0.2) is 0 Å². The highest BCUT2D eigenvalue weighted by Gasteiger charge is 2.65. The maximum Gasteiger partial charge on any atom is 0.303 e. The number of carbonyl (C=O) groups is 1. The number of hydrogen-bond acceptors (Lipinski definition) is 4. The molecule has 0 saturated heterocycles. The maximum atomic E-state index is 11.5. The molecule has 4 fully saturated rings. The number of carboxylic acids is 1. The minimum atomic E-state index is -0.748. The number of aliphatic carboxylic acids is 1. The lowest BCUT2D eigenvalue weighted by molar-refractivity contribution is -0.207. The fourth-order valence-electron chi connectivity index (χ4n) is 8.68. The van der Waals surface area contributed by atoms with Crippen molar-refractivity contribution >= 4 is 5.97 Å². The van der Waals surface area contributed by atoms with Gasteiger partial charge in [-0.2, -0.15) is 0 Å². The number of carboxylic acid groups (broad SMARTS) is 1. The lowest BCUT2D eigenvalue weighted by Gasteiger charge is -2.63. The van der Waals surface area contributed by atoms with Crippen molar-refractivity contribution in [2.24, 2.45) is 46.3 Å². The highest BCUT2D eigenvalue weighted by Crippen LogP contribution is 2.68. The second-order valence-corrected chi connectivity index (χ2v) is 11.4. The zero-order valence-corrected chi connectivity index (χ0v) is 18.3. The Balaban J connectivity index is 1.61. The van der Waals surface area contributed by atoms with Gasteiger partial charge in [0.25, 0.3) is 0 Å². The van der Waals surface area contributed by atoms with Gasteiger partial charge in [0.2, 0.25) is 0 Å². The standard InChI is InChI=1S/C24H40O5/c1-13(4-7-21(28)29)16-5-6-17-22-18(12-20(27)24(16,17)3)23(2)9-8-15(25)10-14(23)11-19(22)26/h13-20,22,25-27H,4-12H2,1-3H3,(H,28,29)/t13-,14?,15?,16+,17-,18-,19?,20?,22+,23+,24-/m1/s1. The van der Waals surface area contributed by atoms with Crippen LogP contribution in [0.15, 0.2) is 0 Å². The second-order valence-electron chi connectivity index (χ2n) is 11.4. The number of rotatable bonds is 4. The molecule has 5 heteroatoms. The van der Waals surface area contributed by atoms with Crippen molar-refractivity contribution < 1.29 is 25.2 Å². The molecule has 4 saturated carbocycles. The molecule has 0 bridgehead atoms. The van der Waals surface area contributed by atoms with E-state index in [2.05, 4.69) is 20.8 Å². The zero-order valence-electron chi connectivity index (χ0n) is 18.3. The summed E-state index contributed by atoms with van der Waals surface area (Å²) in [5.74, 6) is 0.997. The summed E-state index contributed by atoms with van der Waals surface area (Å²) in [6, 6.07) is 0. The van der Waals surface area contributed by atoms with Crippen molar-refractivity contribution in [3.05, 3.63) is 0 Å². The van der Waals surface area contributed by atoms with Gasteiger partial charge in [0.05, 0.1) is 18.3 Å². The van der Waals surface area contributed by atoms with Crippen LogP contribution in [0.4, 0.5) is 0 Å². The van der Waals surface area contributed by atoms with Gasteiger partial charge in [-0.1, -0.05) is 20.8 Å². The van der Waals surface area contributed by atoms with Crippen LogP contribution in [0, 0.1) is 46.3 Å². The van der Waals surface area contributed by atoms with E-state index in [0.717, 1.165) is 44.9 Å². The van der Waals surface area contributed by atoms with Crippen LogP contribution in [0.3, 0.4) is 0 Å². The summed E-state index contributed by atoms with van der Waals surface area (Å²) in [6.45, 7) is 6.72. The van der Waals surface area contributed by atoms with E-state index in [0.29, 0.717) is 30.1 Å². The molecule has 4 rings (SSSR count). The molecular weight excluding hydrogens is 368 g/mol. The third-order valence-electron chi connectivity index (χ3n) is 10.3. The quantitative estimate of drug-likeness (QED) is 0.571. The minimum Gasteiger partial charge on any atom is -0.481 e. The topological polar surface area (TPSA) is 98.0 Å². The predicted molar refractivity (Wildman–Crippen MR) is 110 cm³/mol. The number of hydrogen-bond donors (Lipinski definition) is 4. The summed E-state index contributed by atoms with van der Waals surface area (Å²) in [6.07, 6.45) is 6.00. The van der Waals surface area contributed by atoms with E-state index in [1.54, 1.807) is 0 Å². The van der Waals surface area contributed by atoms with Crippen molar-refractivity contribution in [3.8, 4) is 0 Å². The van der Waals surface area contributed by atoms with Crippen molar-refractivity contribution in [3.63, 3.8) is 0 Å². The molecular formula is C24H40O5. The Bertz CT molecular complexity index is 637. The Labute approximate surface area is 174 Å². The molecule has 11 atom stereocenters. The molecule has 0 amide bonds. The Kier molecular flexibility index (Phi) is 5.57. The first kappa shape index (κ1) is 21.6. The van der Waals surface area contributed by atoms with Crippen LogP contribution in [-0.2, 0) is 4.79 Å². The van der Waals surface area contributed by atoms with Gasteiger partial charge in [0.1, 0.15) is 0 Å². The monoisotopic (exact) mass is 408 g/mol. The first-order valence-corrected chi connectivity index (χ1v) is 11.8. The largest absolute Gasteiger partial charge is 0.481 e. The smallest absolute Gasteiger partial charge is 0.303 e. The molecule has 0 aliphatic heterocycles. The van der Waals surface area contributed by atoms with Gasteiger partial charge >= 0.3 is 5.97 Å². The Hall–Kier alpha value is -0.650. The zero-order chi connectivity index (χ0) is 21.1. The SMILES string of the molecule is C[C@H](CCC(=O)O)[C@@H]1CC[C@@H]2[C@@H]3C(O)CC4CC(O)CC[C@]4(C)[C@@H]3CC(O)[C@@]21C. The molecule has 0 heterocycles. The van der Waals surface area contributed by atoms with Crippen LogP contribution in [0.25, 0.3) is 0 Å². The summed E-state index contributed by atoms with van der Waals surface area (Å²) in [5, 5.41) is 42.0. The molecule has 4 aliphatic rings. The van der Waals surface area contributed by atoms with Crippen LogP contribution in [0.1, 0.15) is 78.6 Å². The van der Waals surface area contributed by atoms with Gasteiger partial charge in [-0.05, 0) is 97.7 Å². The Morgan fingerprint density at radius 2 is 1.76 bits per heavy atom. The normalized spacial score (nSPS) is 52.9. The van der Waals surface area contributed by atoms with E-state index in [9.17, 15) is 20.1 Å². The van der Waals surface area contributed by atoms with Gasteiger partial charge in [0, 0.05) is 6.42 Å². The van der Waals surface area contributed by atoms with Gasteiger partial charge < -0.3 is 20.4 Å². The highest BCUT2D eigenvalue weighted by atomic mass is 16.4. The highest BCUT2D eigenvalue weighted by molar-refractivity contribution is 5.66. The second kappa shape index (κ2) is 7.49. The summed E-state index contributed by atoms with van der Waals surface area (Å²) in [7, 11) is 0. The predicted octanol–water partition coefficient (Wildman–Crippen LogP) is 3.45. The molecule has 29 heavy (non-hydrogen) atoms. The summed E-state index contributed by atoms with van der Waals surface area (Å²) in [4.78, 5) is 11.1. The molecule has 166 valence electrons. The molecule has 0 aromatic heterocycles. The summed E-state index contributed by atoms with van der Waals surface area (Å²) in [5.41, 5.74) is -0.143. The van der Waals surface area contributed by atoms with Crippen molar-refractivity contribution in [2.45, 2.75) is 96.9 Å². The van der Waals surface area contributed by atoms with Gasteiger partial charge in [-0.15, -0.1) is 0 Å². The van der Waals surface area contributed by atoms with E-state index in [1.165, 1.54) is 0 Å². The summed E-state index contributed by atoms with van der Waals surface area (Å²) >= 11 is 0. The molecule has 0 aromatic carbocycles. The van der Waals surface area contributed by atoms with Crippen molar-refractivity contribution in [2.75, 3.05) is 0 Å². The van der Waals surface area contributed by atoms with Crippen LogP contribution in [-0.4, -0.2) is 44.7 Å². The third-order valence-corrected chi connectivity index (χ3v) is 10.3. The van der Waals surface area contributed by atoms with Crippen molar-refractivity contribution in [1.29, 1.82) is 0 Å². The number of aliphatic hydroxyl groups is 3. The van der Waals surface area contributed by atoms with Crippen molar-refractivity contribution in [1.82, 2.24) is 0 Å². The number of fused-ring (bicyclic) bond motifs is 5. The Morgan fingerprint density at radius 1 is 1.03 bits per heavy atom. The lowest BCUT2D eigenvalue weighted by Crippen LogP contribution is -2.62. The summed E-state index contributed by atoms with van der Waals surface area (Å²) < 4.78 is 0.